The Bertz CT molecular complexity index is 1250. The van der Waals surface area contributed by atoms with Gasteiger partial charge in [0.2, 0.25) is 12.7 Å². The van der Waals surface area contributed by atoms with Crippen molar-refractivity contribution >= 4 is 17.8 Å². The summed E-state index contributed by atoms with van der Waals surface area (Å²) < 4.78 is 10.8. The zero-order valence-electron chi connectivity index (χ0n) is 19.3. The quantitative estimate of drug-likeness (QED) is 0.488. The first-order valence-electron chi connectivity index (χ1n) is 11.2. The van der Waals surface area contributed by atoms with E-state index in [0.29, 0.717) is 17.1 Å². The molecule has 1 aliphatic heterocycles. The number of nitrogens with zero attached hydrogens (tertiary/aromatic N) is 1. The Morgan fingerprint density at radius 1 is 0.971 bits per heavy atom. The number of carbonyl (C=O) groups is 3. The molecule has 1 heterocycles. The number of hydrogen-bond acceptors (Lipinski definition) is 5. The van der Waals surface area contributed by atoms with Crippen LogP contribution in [0.2, 0.25) is 0 Å². The molecule has 0 bridgehead atoms. The molecule has 4 rings (SSSR count). The zero-order chi connectivity index (χ0) is 24.9. The fourth-order valence-corrected chi connectivity index (χ4v) is 4.09. The molecule has 0 spiro atoms. The summed E-state index contributed by atoms with van der Waals surface area (Å²) in [6, 6.07) is 19.1. The van der Waals surface area contributed by atoms with Crippen LogP contribution in [0.25, 0.3) is 11.1 Å². The Kier molecular flexibility index (Phi) is 7.01. The molecule has 3 aromatic carbocycles. The normalized spacial score (nSPS) is 12.7. The van der Waals surface area contributed by atoms with Crippen molar-refractivity contribution in [1.82, 2.24) is 4.90 Å². The van der Waals surface area contributed by atoms with Crippen molar-refractivity contribution in [3.05, 3.63) is 83.4 Å². The number of hydrogen-bond donors (Lipinski definition) is 2. The molecule has 0 saturated heterocycles. The Balaban J connectivity index is 1.62. The Morgan fingerprint density at radius 2 is 1.69 bits per heavy atom. The molecule has 3 N–H and O–H groups in total. The first kappa shape index (κ1) is 23.8. The molecular formula is C27H26N2O6. The molecule has 0 aliphatic carbocycles. The molecule has 0 fully saturated rings. The number of carboxylic acid groups (broad SMARTS) is 1. The Labute approximate surface area is 202 Å². The molecule has 0 saturated carbocycles. The second-order valence-electron chi connectivity index (χ2n) is 8.42. The lowest BCUT2D eigenvalue weighted by atomic mass is 10.0. The van der Waals surface area contributed by atoms with E-state index in [0.717, 1.165) is 22.3 Å². The Hall–Kier alpha value is -4.33. The lowest BCUT2D eigenvalue weighted by Crippen LogP contribution is -2.47. The number of nitrogens with two attached hydrogens (primary N) is 1. The monoisotopic (exact) mass is 474 g/mol. The summed E-state index contributed by atoms with van der Waals surface area (Å²) in [7, 11) is 0. The number of aliphatic carboxylic acids is 1. The van der Waals surface area contributed by atoms with E-state index in [-0.39, 0.29) is 26.2 Å². The van der Waals surface area contributed by atoms with Crippen LogP contribution in [0.5, 0.6) is 11.5 Å². The van der Waals surface area contributed by atoms with E-state index in [2.05, 4.69) is 0 Å². The van der Waals surface area contributed by atoms with Crippen molar-refractivity contribution in [3.63, 3.8) is 0 Å². The number of amides is 2. The third-order valence-electron chi connectivity index (χ3n) is 5.87. The van der Waals surface area contributed by atoms with Crippen LogP contribution in [0.1, 0.15) is 34.3 Å². The first-order valence-corrected chi connectivity index (χ1v) is 11.2. The number of carboxylic acids is 1. The van der Waals surface area contributed by atoms with E-state index < -0.39 is 23.8 Å². The number of aryl methyl sites for hydroxylation is 1. The van der Waals surface area contributed by atoms with Gasteiger partial charge in [-0.05, 0) is 54.3 Å². The average Bonchev–Trinajstić information content (AvgIpc) is 3.31. The summed E-state index contributed by atoms with van der Waals surface area (Å²) in [5, 5.41) is 9.13. The standard InChI is InChI=1S/C27H26N2O6/c1-17-3-2-4-18(13-17)15-29(22(26(28)32)10-12-25(30)31)27(33)20-7-5-19(6-8-20)21-9-11-23-24(14-21)35-16-34-23/h2-9,11,13-14,22H,10,12,15-16H2,1H3,(H2,28,32)(H,30,31)/t22-/m0/s1. The number of carbonyl (C=O) groups excluding carboxylic acids is 2. The number of ether oxygens (including phenoxy) is 2. The van der Waals surface area contributed by atoms with Crippen LogP contribution in [0.4, 0.5) is 0 Å². The maximum Gasteiger partial charge on any atom is 0.303 e. The average molecular weight is 475 g/mol. The minimum atomic E-state index is -1.06. The number of fused-ring (bicyclic) bond motifs is 1. The van der Waals surface area contributed by atoms with Gasteiger partial charge in [0, 0.05) is 18.5 Å². The molecule has 0 aromatic heterocycles. The fraction of sp³-hybridized carbons (Fsp3) is 0.222. The maximum atomic E-state index is 13.6. The number of benzene rings is 3. The summed E-state index contributed by atoms with van der Waals surface area (Å²) in [5.41, 5.74) is 9.59. The van der Waals surface area contributed by atoms with E-state index in [9.17, 15) is 14.4 Å². The predicted octanol–water partition coefficient (Wildman–Crippen LogP) is 3.75. The number of primary amides is 1. The molecule has 180 valence electrons. The van der Waals surface area contributed by atoms with Gasteiger partial charge in [0.25, 0.3) is 5.91 Å². The minimum Gasteiger partial charge on any atom is -0.481 e. The highest BCUT2D eigenvalue weighted by Crippen LogP contribution is 2.36. The molecule has 2 amide bonds. The molecule has 3 aromatic rings. The highest BCUT2D eigenvalue weighted by molar-refractivity contribution is 5.97. The largest absolute Gasteiger partial charge is 0.481 e. The maximum absolute atomic E-state index is 13.6. The summed E-state index contributed by atoms with van der Waals surface area (Å²) in [5.74, 6) is -0.865. The van der Waals surface area contributed by atoms with E-state index in [1.54, 1.807) is 12.1 Å². The molecule has 8 nitrogen and oxygen atoms in total. The van der Waals surface area contributed by atoms with E-state index in [1.165, 1.54) is 4.90 Å². The topological polar surface area (TPSA) is 119 Å². The second-order valence-corrected chi connectivity index (χ2v) is 8.42. The second kappa shape index (κ2) is 10.3. The Morgan fingerprint density at radius 3 is 2.37 bits per heavy atom. The van der Waals surface area contributed by atoms with Crippen LogP contribution in [-0.2, 0) is 16.1 Å². The molecule has 8 heteroatoms. The summed E-state index contributed by atoms with van der Waals surface area (Å²) in [6.45, 7) is 2.24. The lowest BCUT2D eigenvalue weighted by molar-refractivity contribution is -0.137. The molecule has 0 radical (unpaired) electrons. The number of rotatable bonds is 9. The van der Waals surface area contributed by atoms with Crippen molar-refractivity contribution in [3.8, 4) is 22.6 Å². The van der Waals surface area contributed by atoms with Gasteiger partial charge >= 0.3 is 5.97 Å². The summed E-state index contributed by atoms with van der Waals surface area (Å²) in [6.07, 6.45) is -0.355. The highest BCUT2D eigenvalue weighted by atomic mass is 16.7. The smallest absolute Gasteiger partial charge is 0.303 e. The fourth-order valence-electron chi connectivity index (χ4n) is 4.09. The van der Waals surface area contributed by atoms with Crippen LogP contribution in [0.3, 0.4) is 0 Å². The van der Waals surface area contributed by atoms with Gasteiger partial charge in [-0.15, -0.1) is 0 Å². The molecule has 35 heavy (non-hydrogen) atoms. The van der Waals surface area contributed by atoms with Gasteiger partial charge in [-0.2, -0.15) is 0 Å². The highest BCUT2D eigenvalue weighted by Gasteiger charge is 2.30. The van der Waals surface area contributed by atoms with Crippen molar-refractivity contribution < 1.29 is 29.0 Å². The van der Waals surface area contributed by atoms with E-state index >= 15 is 0 Å². The van der Waals surface area contributed by atoms with Crippen molar-refractivity contribution in [2.24, 2.45) is 5.73 Å². The molecule has 1 aliphatic rings. The lowest BCUT2D eigenvalue weighted by Gasteiger charge is -2.30. The predicted molar refractivity (Wildman–Crippen MR) is 129 cm³/mol. The van der Waals surface area contributed by atoms with Crippen LogP contribution in [0.15, 0.2) is 66.7 Å². The van der Waals surface area contributed by atoms with Crippen molar-refractivity contribution in [2.45, 2.75) is 32.4 Å². The zero-order valence-corrected chi connectivity index (χ0v) is 19.3. The van der Waals surface area contributed by atoms with Crippen LogP contribution >= 0.6 is 0 Å². The van der Waals surface area contributed by atoms with Crippen molar-refractivity contribution in [2.75, 3.05) is 6.79 Å². The van der Waals surface area contributed by atoms with Gasteiger partial charge < -0.3 is 25.2 Å². The van der Waals surface area contributed by atoms with Crippen LogP contribution in [0, 0.1) is 6.92 Å². The van der Waals surface area contributed by atoms with E-state index in [4.69, 9.17) is 20.3 Å². The van der Waals surface area contributed by atoms with Gasteiger partial charge in [-0.25, -0.2) is 0 Å². The first-order chi connectivity index (χ1) is 16.8. The SMILES string of the molecule is Cc1cccc(CN(C(=O)c2ccc(-c3ccc4c(c3)OCO4)cc2)[C@@H](CCC(=O)O)C(N)=O)c1. The molecule has 1 atom stereocenters. The summed E-state index contributed by atoms with van der Waals surface area (Å²) >= 11 is 0. The minimum absolute atomic E-state index is 0.0719. The van der Waals surface area contributed by atoms with Crippen LogP contribution < -0.4 is 15.2 Å². The van der Waals surface area contributed by atoms with Crippen LogP contribution in [-0.4, -0.2) is 40.6 Å². The van der Waals surface area contributed by atoms with Gasteiger partial charge in [0.15, 0.2) is 11.5 Å². The third kappa shape index (κ3) is 5.60. The van der Waals surface area contributed by atoms with E-state index in [1.807, 2.05) is 61.5 Å². The third-order valence-corrected chi connectivity index (χ3v) is 5.87. The van der Waals surface area contributed by atoms with Gasteiger partial charge in [0.05, 0.1) is 0 Å². The molecule has 0 unspecified atom stereocenters. The summed E-state index contributed by atoms with van der Waals surface area (Å²) in [4.78, 5) is 38.4. The van der Waals surface area contributed by atoms with Gasteiger partial charge in [-0.3, -0.25) is 14.4 Å². The van der Waals surface area contributed by atoms with Gasteiger partial charge in [0.1, 0.15) is 6.04 Å². The van der Waals surface area contributed by atoms with Gasteiger partial charge in [-0.1, -0.05) is 48.0 Å². The molecular weight excluding hydrogens is 448 g/mol. The van der Waals surface area contributed by atoms with Crippen molar-refractivity contribution in [1.29, 1.82) is 0 Å².